The first-order valence-electron chi connectivity index (χ1n) is 8.28. The van der Waals surface area contributed by atoms with E-state index in [1.807, 2.05) is 0 Å². The van der Waals surface area contributed by atoms with Gasteiger partial charge >= 0.3 is 5.97 Å². The second kappa shape index (κ2) is 8.44. The number of hydrogen-bond acceptors (Lipinski definition) is 5. The largest absolute Gasteiger partial charge is 0.469 e. The van der Waals surface area contributed by atoms with Crippen molar-refractivity contribution in [1.29, 1.82) is 0 Å². The van der Waals surface area contributed by atoms with Crippen LogP contribution in [0, 0.1) is 5.92 Å². The second-order valence-corrected chi connectivity index (χ2v) is 7.78. The molecule has 0 aliphatic heterocycles. The highest BCUT2D eigenvalue weighted by Gasteiger charge is 2.29. The third-order valence-corrected chi connectivity index (χ3v) is 5.43. The van der Waals surface area contributed by atoms with Gasteiger partial charge in [-0.2, -0.15) is 0 Å². The summed E-state index contributed by atoms with van der Waals surface area (Å²) in [7, 11) is -2.38. The molecule has 1 saturated carbocycles. The summed E-state index contributed by atoms with van der Waals surface area (Å²) in [6, 6.07) is 6.28. The Morgan fingerprint density at radius 2 is 1.84 bits per heavy atom. The highest BCUT2D eigenvalue weighted by molar-refractivity contribution is 7.89. The molecular weight excluding hydrogens is 344 g/mol. The van der Waals surface area contributed by atoms with Gasteiger partial charge in [0, 0.05) is 19.0 Å². The number of nitrogens with two attached hydrogens (primary N) is 1. The van der Waals surface area contributed by atoms with Crippen molar-refractivity contribution >= 4 is 21.9 Å². The maximum atomic E-state index is 12.5. The van der Waals surface area contributed by atoms with E-state index >= 15 is 0 Å². The highest BCUT2D eigenvalue weighted by atomic mass is 32.2. The molecule has 0 aromatic heterocycles. The smallest absolute Gasteiger partial charge is 0.307 e. The van der Waals surface area contributed by atoms with Crippen LogP contribution in [0.1, 0.15) is 31.2 Å². The Balaban J connectivity index is 1.97. The number of rotatable bonds is 8. The van der Waals surface area contributed by atoms with E-state index in [9.17, 15) is 18.0 Å². The lowest BCUT2D eigenvalue weighted by atomic mass is 9.84. The standard InChI is InChI=1S/C17H24N2O5S/c1-24-16(20)10-12-19(17(21)14-3-2-4-14)11-9-13-5-7-15(8-6-13)25(18,22)23/h5-8,14H,2-4,9-12H2,1H3,(H2,18,22,23). The molecule has 0 radical (unpaired) electrons. The number of ether oxygens (including phenoxy) is 1. The van der Waals surface area contributed by atoms with Crippen LogP contribution in [-0.2, 0) is 30.8 Å². The molecule has 0 heterocycles. The number of benzene rings is 1. The van der Waals surface area contributed by atoms with Crippen molar-refractivity contribution in [2.24, 2.45) is 11.1 Å². The molecule has 25 heavy (non-hydrogen) atoms. The lowest BCUT2D eigenvalue weighted by Crippen LogP contribution is -2.41. The average Bonchev–Trinajstić information content (AvgIpc) is 2.52. The third-order valence-electron chi connectivity index (χ3n) is 4.50. The summed E-state index contributed by atoms with van der Waals surface area (Å²) in [5, 5.41) is 5.08. The molecule has 1 aromatic rings. The number of nitrogens with zero attached hydrogens (tertiary/aromatic N) is 1. The molecule has 2 N–H and O–H groups in total. The Morgan fingerprint density at radius 3 is 2.32 bits per heavy atom. The molecular formula is C17H24N2O5S. The summed E-state index contributed by atoms with van der Waals surface area (Å²) in [4.78, 5) is 25.6. The lowest BCUT2D eigenvalue weighted by molar-refractivity contribution is -0.143. The van der Waals surface area contributed by atoms with Crippen LogP contribution >= 0.6 is 0 Å². The number of primary sulfonamides is 1. The molecule has 8 heteroatoms. The van der Waals surface area contributed by atoms with E-state index in [0.29, 0.717) is 19.5 Å². The normalized spacial score (nSPS) is 14.6. The highest BCUT2D eigenvalue weighted by Crippen LogP contribution is 2.28. The molecule has 0 atom stereocenters. The molecule has 138 valence electrons. The zero-order chi connectivity index (χ0) is 18.4. The van der Waals surface area contributed by atoms with Crippen molar-refractivity contribution in [3.8, 4) is 0 Å². The number of carbonyl (C=O) groups is 2. The number of amides is 1. The van der Waals surface area contributed by atoms with Crippen molar-refractivity contribution in [3.63, 3.8) is 0 Å². The summed E-state index contributed by atoms with van der Waals surface area (Å²) in [5.74, 6) is -0.206. The summed E-state index contributed by atoms with van der Waals surface area (Å²) in [6.45, 7) is 0.804. The van der Waals surface area contributed by atoms with Crippen LogP contribution in [0.15, 0.2) is 29.2 Å². The van der Waals surface area contributed by atoms with E-state index in [2.05, 4.69) is 4.74 Å². The summed E-state index contributed by atoms with van der Waals surface area (Å²) in [5.41, 5.74) is 0.900. The minimum absolute atomic E-state index is 0.0578. The van der Waals surface area contributed by atoms with E-state index in [-0.39, 0.29) is 29.1 Å². The van der Waals surface area contributed by atoms with Crippen LogP contribution in [-0.4, -0.2) is 45.4 Å². The summed E-state index contributed by atoms with van der Waals surface area (Å²) >= 11 is 0. The minimum atomic E-state index is -3.71. The Kier molecular flexibility index (Phi) is 6.55. The molecule has 1 aliphatic carbocycles. The van der Waals surface area contributed by atoms with Gasteiger partial charge in [0.1, 0.15) is 0 Å². The molecule has 1 fully saturated rings. The van der Waals surface area contributed by atoms with E-state index in [4.69, 9.17) is 5.14 Å². The average molecular weight is 368 g/mol. The molecule has 0 spiro atoms. The van der Waals surface area contributed by atoms with Crippen LogP contribution in [0.5, 0.6) is 0 Å². The second-order valence-electron chi connectivity index (χ2n) is 6.22. The van der Waals surface area contributed by atoms with Gasteiger partial charge in [-0.1, -0.05) is 18.6 Å². The maximum absolute atomic E-state index is 12.5. The topological polar surface area (TPSA) is 107 Å². The van der Waals surface area contributed by atoms with Gasteiger partial charge in [0.05, 0.1) is 18.4 Å². The van der Waals surface area contributed by atoms with Gasteiger partial charge in [-0.05, 0) is 37.0 Å². The summed E-state index contributed by atoms with van der Waals surface area (Å²) < 4.78 is 27.2. The number of methoxy groups -OCH3 is 1. The summed E-state index contributed by atoms with van der Waals surface area (Å²) in [6.07, 6.45) is 3.60. The Bertz CT molecular complexity index is 711. The Labute approximate surface area is 148 Å². The molecule has 2 rings (SSSR count). The van der Waals surface area contributed by atoms with Crippen LogP contribution in [0.4, 0.5) is 0 Å². The van der Waals surface area contributed by atoms with Gasteiger partial charge in [0.25, 0.3) is 0 Å². The molecule has 0 saturated heterocycles. The van der Waals surface area contributed by atoms with E-state index < -0.39 is 10.0 Å². The molecule has 1 aliphatic rings. The van der Waals surface area contributed by atoms with E-state index in [1.165, 1.54) is 19.2 Å². The van der Waals surface area contributed by atoms with Gasteiger partial charge in [0.2, 0.25) is 15.9 Å². The van der Waals surface area contributed by atoms with E-state index in [1.54, 1.807) is 17.0 Å². The Morgan fingerprint density at radius 1 is 1.20 bits per heavy atom. The maximum Gasteiger partial charge on any atom is 0.307 e. The van der Waals surface area contributed by atoms with Crippen molar-refractivity contribution < 1.29 is 22.7 Å². The number of esters is 1. The quantitative estimate of drug-likeness (QED) is 0.691. The van der Waals surface area contributed by atoms with Gasteiger partial charge in [-0.15, -0.1) is 0 Å². The molecule has 1 aromatic carbocycles. The zero-order valence-corrected chi connectivity index (χ0v) is 15.1. The zero-order valence-electron chi connectivity index (χ0n) is 14.3. The van der Waals surface area contributed by atoms with Gasteiger partial charge in [0.15, 0.2) is 0 Å². The molecule has 0 unspecified atom stereocenters. The third kappa shape index (κ3) is 5.54. The van der Waals surface area contributed by atoms with Crippen LogP contribution in [0.3, 0.4) is 0 Å². The predicted molar refractivity (Wildman–Crippen MR) is 92.1 cm³/mol. The van der Waals surface area contributed by atoms with E-state index in [0.717, 1.165) is 24.8 Å². The molecule has 1 amide bonds. The Hall–Kier alpha value is -1.93. The van der Waals surface area contributed by atoms with Crippen molar-refractivity contribution in [2.75, 3.05) is 20.2 Å². The van der Waals surface area contributed by atoms with Gasteiger partial charge in [-0.25, -0.2) is 13.6 Å². The fourth-order valence-corrected chi connectivity index (χ4v) is 3.20. The first-order chi connectivity index (χ1) is 11.8. The van der Waals surface area contributed by atoms with Crippen LogP contribution in [0.2, 0.25) is 0 Å². The first kappa shape index (κ1) is 19.4. The number of hydrogen-bond donors (Lipinski definition) is 1. The lowest BCUT2D eigenvalue weighted by Gasteiger charge is -2.31. The van der Waals surface area contributed by atoms with Gasteiger partial charge in [-0.3, -0.25) is 9.59 Å². The van der Waals surface area contributed by atoms with Crippen LogP contribution in [0.25, 0.3) is 0 Å². The van der Waals surface area contributed by atoms with Crippen molar-refractivity contribution in [1.82, 2.24) is 4.90 Å². The SMILES string of the molecule is COC(=O)CCN(CCc1ccc(S(N)(=O)=O)cc1)C(=O)C1CCC1. The van der Waals surface area contributed by atoms with Crippen molar-refractivity contribution in [3.05, 3.63) is 29.8 Å². The monoisotopic (exact) mass is 368 g/mol. The number of carbonyl (C=O) groups excluding carboxylic acids is 2. The van der Waals surface area contributed by atoms with Crippen LogP contribution < -0.4 is 5.14 Å². The minimum Gasteiger partial charge on any atom is -0.469 e. The van der Waals surface area contributed by atoms with Crippen molar-refractivity contribution in [2.45, 2.75) is 37.0 Å². The van der Waals surface area contributed by atoms with Gasteiger partial charge < -0.3 is 9.64 Å². The first-order valence-corrected chi connectivity index (χ1v) is 9.83. The number of sulfonamides is 1. The fourth-order valence-electron chi connectivity index (χ4n) is 2.68. The molecule has 7 nitrogen and oxygen atoms in total. The predicted octanol–water partition coefficient (Wildman–Crippen LogP) is 1.07. The molecule has 0 bridgehead atoms. The fraction of sp³-hybridized carbons (Fsp3) is 0.529.